The lowest BCUT2D eigenvalue weighted by Crippen LogP contribution is -2.50. The molecule has 2 aromatic rings. The molecule has 0 aliphatic carbocycles. The van der Waals surface area contributed by atoms with Gasteiger partial charge in [0.05, 0.1) is 10.9 Å². The van der Waals surface area contributed by atoms with E-state index in [0.717, 1.165) is 10.5 Å². The second-order valence-electron chi connectivity index (χ2n) is 7.08. The molecular formula is C24H25NO4S2. The quantitative estimate of drug-likeness (QED) is 0.404. The Hall–Kier alpha value is -2.61. The van der Waals surface area contributed by atoms with Crippen LogP contribution in [-0.2, 0) is 19.6 Å². The van der Waals surface area contributed by atoms with E-state index >= 15 is 0 Å². The summed E-state index contributed by atoms with van der Waals surface area (Å²) in [6, 6.07) is 15.5. The van der Waals surface area contributed by atoms with Crippen LogP contribution < -0.4 is 0 Å². The third kappa shape index (κ3) is 5.36. The average molecular weight is 456 g/mol. The number of sulfonamides is 1. The number of benzene rings is 2. The molecule has 0 amide bonds. The lowest BCUT2D eigenvalue weighted by Gasteiger charge is -2.38. The first-order valence-electron chi connectivity index (χ1n) is 9.82. The Bertz CT molecular complexity index is 1080. The molecule has 0 saturated carbocycles. The summed E-state index contributed by atoms with van der Waals surface area (Å²) in [5, 5.41) is 0. The lowest BCUT2D eigenvalue weighted by molar-refractivity contribution is -0.146. The van der Waals surface area contributed by atoms with Gasteiger partial charge in [-0.2, -0.15) is 4.31 Å². The number of esters is 1. The number of carbonyl (C=O) groups is 1. The van der Waals surface area contributed by atoms with Crippen LogP contribution >= 0.6 is 11.8 Å². The monoisotopic (exact) mass is 455 g/mol. The van der Waals surface area contributed by atoms with Gasteiger partial charge in [-0.3, -0.25) is 0 Å². The van der Waals surface area contributed by atoms with Gasteiger partial charge in [0.2, 0.25) is 10.0 Å². The molecule has 0 fully saturated rings. The number of cyclic esters (lactones) is 1. The molecule has 0 spiro atoms. The van der Waals surface area contributed by atoms with Crippen LogP contribution in [0.15, 0.2) is 101 Å². The van der Waals surface area contributed by atoms with E-state index in [2.05, 4.69) is 13.2 Å². The molecular weight excluding hydrogens is 430 g/mol. The van der Waals surface area contributed by atoms with Crippen molar-refractivity contribution in [2.45, 2.75) is 35.3 Å². The smallest absolute Gasteiger partial charge is 0.331 e. The third-order valence-corrected chi connectivity index (χ3v) is 7.76. The highest BCUT2D eigenvalue weighted by Crippen LogP contribution is 2.38. The normalized spacial score (nSPS) is 18.9. The number of nitrogens with zero attached hydrogens (tertiary/aromatic N) is 1. The SMILES string of the molecule is C=CC[C@H]1OC(=O)C=C(Sc2ccccc2)[C@@H]1N(CC=C)S(=O)(=O)c1ccc(C)cc1. The van der Waals surface area contributed by atoms with Crippen LogP contribution in [0, 0.1) is 6.92 Å². The van der Waals surface area contributed by atoms with Gasteiger partial charge in [0.25, 0.3) is 0 Å². The van der Waals surface area contributed by atoms with Gasteiger partial charge in [0, 0.05) is 28.8 Å². The maximum absolute atomic E-state index is 13.6. The highest BCUT2D eigenvalue weighted by atomic mass is 32.2. The topological polar surface area (TPSA) is 63.7 Å². The van der Waals surface area contributed by atoms with Crippen molar-refractivity contribution in [3.8, 4) is 0 Å². The molecule has 0 unspecified atom stereocenters. The fourth-order valence-corrected chi connectivity index (χ4v) is 6.14. The van der Waals surface area contributed by atoms with Crippen LogP contribution in [0.3, 0.4) is 0 Å². The Morgan fingerprint density at radius 3 is 2.35 bits per heavy atom. The van der Waals surface area contributed by atoms with Crippen molar-refractivity contribution >= 4 is 27.8 Å². The maximum Gasteiger partial charge on any atom is 0.331 e. The van der Waals surface area contributed by atoms with E-state index in [1.807, 2.05) is 37.3 Å². The van der Waals surface area contributed by atoms with Gasteiger partial charge in [-0.15, -0.1) is 13.2 Å². The summed E-state index contributed by atoms with van der Waals surface area (Å²) < 4.78 is 34.2. The molecule has 0 bridgehead atoms. The fraction of sp³-hybridized carbons (Fsp3) is 0.208. The number of hydrogen-bond donors (Lipinski definition) is 0. The van der Waals surface area contributed by atoms with Gasteiger partial charge >= 0.3 is 5.97 Å². The van der Waals surface area contributed by atoms with E-state index in [9.17, 15) is 13.2 Å². The minimum Gasteiger partial charge on any atom is -0.457 e. The van der Waals surface area contributed by atoms with Gasteiger partial charge in [0.15, 0.2) is 0 Å². The van der Waals surface area contributed by atoms with Crippen molar-refractivity contribution < 1.29 is 17.9 Å². The summed E-state index contributed by atoms with van der Waals surface area (Å²) in [5.74, 6) is -0.493. The number of aryl methyl sites for hydroxylation is 1. The summed E-state index contributed by atoms with van der Waals surface area (Å²) in [5.41, 5.74) is 0.963. The van der Waals surface area contributed by atoms with Crippen LogP contribution in [0.1, 0.15) is 12.0 Å². The van der Waals surface area contributed by atoms with Gasteiger partial charge in [-0.1, -0.05) is 59.8 Å². The summed E-state index contributed by atoms with van der Waals surface area (Å²) >= 11 is 1.36. The van der Waals surface area contributed by atoms with E-state index in [0.29, 0.717) is 11.3 Å². The average Bonchev–Trinajstić information content (AvgIpc) is 2.74. The Morgan fingerprint density at radius 2 is 1.74 bits per heavy atom. The first-order chi connectivity index (χ1) is 14.9. The Morgan fingerprint density at radius 1 is 1.06 bits per heavy atom. The van der Waals surface area contributed by atoms with Crippen molar-refractivity contribution in [2.75, 3.05) is 6.54 Å². The molecule has 5 nitrogen and oxygen atoms in total. The highest BCUT2D eigenvalue weighted by Gasteiger charge is 2.42. The van der Waals surface area contributed by atoms with Gasteiger partial charge in [0.1, 0.15) is 6.10 Å². The molecule has 0 N–H and O–H groups in total. The largest absolute Gasteiger partial charge is 0.457 e. The fourth-order valence-electron chi connectivity index (χ4n) is 3.35. The molecule has 0 radical (unpaired) electrons. The van der Waals surface area contributed by atoms with Crippen molar-refractivity contribution in [1.29, 1.82) is 0 Å². The summed E-state index contributed by atoms with van der Waals surface area (Å²) in [6.45, 7) is 9.47. The molecule has 1 aliphatic heterocycles. The van der Waals surface area contributed by atoms with Crippen molar-refractivity contribution in [1.82, 2.24) is 4.31 Å². The van der Waals surface area contributed by atoms with Crippen LogP contribution in [-0.4, -0.2) is 37.4 Å². The van der Waals surface area contributed by atoms with Gasteiger partial charge in [-0.05, 0) is 31.2 Å². The first kappa shape index (κ1) is 23.1. The molecule has 0 saturated heterocycles. The standard InChI is InChI=1S/C24H25NO4S2/c1-4-9-21-24(22(17-23(26)29-21)30-19-10-7-6-8-11-19)25(16-5-2)31(27,28)20-14-12-18(3)13-15-20/h4-8,10-15,17,21,24H,1-2,9,16H2,3H3/t21-,24-/m1/s1. The third-order valence-electron chi connectivity index (χ3n) is 4.80. The van der Waals surface area contributed by atoms with Crippen molar-refractivity contribution in [3.63, 3.8) is 0 Å². The summed E-state index contributed by atoms with van der Waals surface area (Å²) in [4.78, 5) is 14.0. The molecule has 1 heterocycles. The lowest BCUT2D eigenvalue weighted by atomic mass is 10.0. The van der Waals surface area contributed by atoms with Crippen LogP contribution in [0.2, 0.25) is 0 Å². The summed E-state index contributed by atoms with van der Waals surface area (Å²) in [6.07, 6.45) is 4.17. The Balaban J connectivity index is 2.10. The van der Waals surface area contributed by atoms with Gasteiger partial charge in [-0.25, -0.2) is 13.2 Å². The minimum absolute atomic E-state index is 0.0682. The second kappa shape index (κ2) is 10.1. The van der Waals surface area contributed by atoms with E-state index < -0.39 is 28.1 Å². The first-order valence-corrected chi connectivity index (χ1v) is 12.1. The molecule has 3 rings (SSSR count). The number of rotatable bonds is 9. The summed E-state index contributed by atoms with van der Waals surface area (Å²) in [7, 11) is -3.89. The molecule has 0 aromatic heterocycles. The van der Waals surface area contributed by atoms with Crippen LogP contribution in [0.25, 0.3) is 0 Å². The van der Waals surface area contributed by atoms with E-state index in [1.165, 1.54) is 28.2 Å². The highest BCUT2D eigenvalue weighted by molar-refractivity contribution is 8.03. The molecule has 162 valence electrons. The molecule has 2 atom stereocenters. The van der Waals surface area contributed by atoms with Crippen molar-refractivity contribution in [2.24, 2.45) is 0 Å². The number of carbonyl (C=O) groups excluding carboxylic acids is 1. The zero-order valence-electron chi connectivity index (χ0n) is 17.3. The molecule has 7 heteroatoms. The number of hydrogen-bond acceptors (Lipinski definition) is 5. The predicted molar refractivity (Wildman–Crippen MR) is 124 cm³/mol. The number of ether oxygens (including phenoxy) is 1. The van der Waals surface area contributed by atoms with E-state index in [1.54, 1.807) is 30.3 Å². The second-order valence-corrected chi connectivity index (χ2v) is 10.1. The molecule has 2 aromatic carbocycles. The van der Waals surface area contributed by atoms with Gasteiger partial charge < -0.3 is 4.74 Å². The van der Waals surface area contributed by atoms with E-state index in [4.69, 9.17) is 4.74 Å². The minimum atomic E-state index is -3.89. The maximum atomic E-state index is 13.6. The molecule has 1 aliphatic rings. The zero-order valence-corrected chi connectivity index (χ0v) is 18.9. The van der Waals surface area contributed by atoms with E-state index in [-0.39, 0.29) is 11.4 Å². The van der Waals surface area contributed by atoms with Crippen molar-refractivity contribution in [3.05, 3.63) is 96.5 Å². The van der Waals surface area contributed by atoms with Crippen LogP contribution in [0.5, 0.6) is 0 Å². The Labute approximate surface area is 188 Å². The predicted octanol–water partition coefficient (Wildman–Crippen LogP) is 4.72. The number of thioether (sulfide) groups is 1. The molecule has 31 heavy (non-hydrogen) atoms. The Kier molecular flexibility index (Phi) is 7.54. The zero-order chi connectivity index (χ0) is 22.4. The van der Waals surface area contributed by atoms with Crippen LogP contribution in [0.4, 0.5) is 0 Å².